The van der Waals surface area contributed by atoms with E-state index < -0.39 is 5.91 Å². The van der Waals surface area contributed by atoms with Crippen LogP contribution in [0.2, 0.25) is 5.02 Å². The van der Waals surface area contributed by atoms with Gasteiger partial charge in [-0.05, 0) is 67.1 Å². The highest BCUT2D eigenvalue weighted by Gasteiger charge is 2.04. The van der Waals surface area contributed by atoms with E-state index in [-0.39, 0.29) is 12.4 Å². The number of amides is 1. The Labute approximate surface area is 192 Å². The Hall–Kier alpha value is -3.23. The zero-order valence-electron chi connectivity index (χ0n) is 16.4. The van der Waals surface area contributed by atoms with Gasteiger partial charge in [0.05, 0.1) is 17.6 Å². The summed E-state index contributed by atoms with van der Waals surface area (Å²) >= 11 is 9.34. The summed E-state index contributed by atoms with van der Waals surface area (Å²) in [5.41, 5.74) is 4.78. The minimum absolute atomic E-state index is 0.00714. The minimum atomic E-state index is -0.450. The van der Waals surface area contributed by atoms with Crippen molar-refractivity contribution in [3.8, 4) is 11.5 Å². The van der Waals surface area contributed by atoms with Gasteiger partial charge in [0, 0.05) is 15.1 Å². The molecule has 7 nitrogen and oxygen atoms in total. The van der Waals surface area contributed by atoms with Gasteiger partial charge in [-0.1, -0.05) is 33.6 Å². The van der Waals surface area contributed by atoms with E-state index in [2.05, 4.69) is 36.7 Å². The van der Waals surface area contributed by atoms with E-state index in [0.29, 0.717) is 27.7 Å². The van der Waals surface area contributed by atoms with Crippen LogP contribution in [0.3, 0.4) is 0 Å². The second-order valence-electron chi connectivity index (χ2n) is 6.42. The SMILES string of the molecule is Cc1cc(OCC(=O)N/N=C\c2cc(N=Nc3cccc(Br)c3)ccc2O)ccc1Cl. The molecule has 158 valence electrons. The molecular formula is C22H18BrClN4O3. The van der Waals surface area contributed by atoms with Crippen molar-refractivity contribution in [3.63, 3.8) is 0 Å². The lowest BCUT2D eigenvalue weighted by Crippen LogP contribution is -2.24. The number of aryl methyl sites for hydroxylation is 1. The molecule has 0 saturated heterocycles. The fourth-order valence-corrected chi connectivity index (χ4v) is 2.93. The molecule has 0 saturated carbocycles. The van der Waals surface area contributed by atoms with Crippen LogP contribution in [-0.2, 0) is 4.79 Å². The Morgan fingerprint density at radius 2 is 1.90 bits per heavy atom. The maximum atomic E-state index is 11.9. The maximum absolute atomic E-state index is 11.9. The van der Waals surface area contributed by atoms with Gasteiger partial charge < -0.3 is 9.84 Å². The van der Waals surface area contributed by atoms with Crippen LogP contribution >= 0.6 is 27.5 Å². The number of phenolic OH excluding ortho intramolecular Hbond substituents is 1. The van der Waals surface area contributed by atoms with Crippen molar-refractivity contribution in [2.24, 2.45) is 15.3 Å². The summed E-state index contributed by atoms with van der Waals surface area (Å²) in [5.74, 6) is 0.0725. The number of rotatable bonds is 7. The quantitative estimate of drug-likeness (QED) is 0.234. The van der Waals surface area contributed by atoms with Gasteiger partial charge in [0.1, 0.15) is 11.5 Å². The van der Waals surface area contributed by atoms with Crippen LogP contribution in [0.5, 0.6) is 11.5 Å². The molecule has 0 aromatic heterocycles. The molecule has 0 aliphatic carbocycles. The molecule has 3 aromatic rings. The van der Waals surface area contributed by atoms with Gasteiger partial charge >= 0.3 is 0 Å². The number of nitrogens with zero attached hydrogens (tertiary/aromatic N) is 3. The highest BCUT2D eigenvalue weighted by molar-refractivity contribution is 9.10. The molecule has 0 unspecified atom stereocenters. The average molecular weight is 502 g/mol. The van der Waals surface area contributed by atoms with Crippen molar-refractivity contribution >= 4 is 51.0 Å². The second kappa shape index (κ2) is 10.7. The molecule has 3 aromatic carbocycles. The van der Waals surface area contributed by atoms with Crippen LogP contribution in [-0.4, -0.2) is 23.8 Å². The van der Waals surface area contributed by atoms with E-state index in [4.69, 9.17) is 16.3 Å². The second-order valence-corrected chi connectivity index (χ2v) is 7.74. The molecule has 0 fully saturated rings. The van der Waals surface area contributed by atoms with Gasteiger partial charge in [-0.2, -0.15) is 15.3 Å². The van der Waals surface area contributed by atoms with Gasteiger partial charge in [-0.15, -0.1) is 0 Å². The van der Waals surface area contributed by atoms with Crippen LogP contribution in [0.25, 0.3) is 0 Å². The summed E-state index contributed by atoms with van der Waals surface area (Å²) in [6, 6.07) is 17.2. The van der Waals surface area contributed by atoms with Crippen molar-refractivity contribution in [1.29, 1.82) is 0 Å². The fraction of sp³-hybridized carbons (Fsp3) is 0.0909. The van der Waals surface area contributed by atoms with Crippen molar-refractivity contribution in [2.75, 3.05) is 6.61 Å². The lowest BCUT2D eigenvalue weighted by atomic mass is 10.2. The predicted octanol–water partition coefficient (Wildman–Crippen LogP) is 6.06. The monoisotopic (exact) mass is 500 g/mol. The first-order valence-electron chi connectivity index (χ1n) is 9.12. The normalized spacial score (nSPS) is 11.2. The van der Waals surface area contributed by atoms with Crippen LogP contribution in [0.15, 0.2) is 80.5 Å². The first-order valence-corrected chi connectivity index (χ1v) is 10.3. The highest BCUT2D eigenvalue weighted by atomic mass is 79.9. The zero-order chi connectivity index (χ0) is 22.2. The standard InChI is InChI=1S/C22H18BrClN4O3/c1-14-9-19(6-7-20(14)24)31-13-22(30)28-25-12-15-10-18(5-8-21(15)29)27-26-17-4-2-3-16(23)11-17/h2-12,29H,13H2,1H3,(H,28,30)/b25-12-,27-26?. The predicted molar refractivity (Wildman–Crippen MR) is 124 cm³/mol. The first-order chi connectivity index (χ1) is 14.9. The molecule has 31 heavy (non-hydrogen) atoms. The molecule has 0 bridgehead atoms. The molecule has 0 radical (unpaired) electrons. The number of hydrazone groups is 1. The van der Waals surface area contributed by atoms with Crippen molar-refractivity contribution < 1.29 is 14.6 Å². The summed E-state index contributed by atoms with van der Waals surface area (Å²) in [6.45, 7) is 1.63. The lowest BCUT2D eigenvalue weighted by molar-refractivity contribution is -0.123. The van der Waals surface area contributed by atoms with Gasteiger partial charge in [0.15, 0.2) is 6.61 Å². The first kappa shape index (κ1) is 22.5. The molecule has 3 rings (SSSR count). The summed E-state index contributed by atoms with van der Waals surface area (Å²) < 4.78 is 6.30. The molecule has 0 aliphatic rings. The number of hydrogen-bond acceptors (Lipinski definition) is 6. The van der Waals surface area contributed by atoms with Gasteiger partial charge in [-0.3, -0.25) is 4.79 Å². The van der Waals surface area contributed by atoms with E-state index >= 15 is 0 Å². The Morgan fingerprint density at radius 1 is 1.13 bits per heavy atom. The van der Waals surface area contributed by atoms with Crippen LogP contribution < -0.4 is 10.2 Å². The minimum Gasteiger partial charge on any atom is -0.507 e. The average Bonchev–Trinajstić information content (AvgIpc) is 2.75. The number of aromatic hydroxyl groups is 1. The number of phenols is 1. The topological polar surface area (TPSA) is 95.6 Å². The summed E-state index contributed by atoms with van der Waals surface area (Å²) in [7, 11) is 0. The zero-order valence-corrected chi connectivity index (χ0v) is 18.8. The molecule has 0 heterocycles. The van der Waals surface area contributed by atoms with Crippen molar-refractivity contribution in [1.82, 2.24) is 5.43 Å². The number of halogens is 2. The van der Waals surface area contributed by atoms with Crippen LogP contribution in [0.1, 0.15) is 11.1 Å². The third-order valence-corrected chi connectivity index (χ3v) is 4.91. The van der Waals surface area contributed by atoms with E-state index in [1.54, 1.807) is 30.3 Å². The fourth-order valence-electron chi connectivity index (χ4n) is 2.42. The lowest BCUT2D eigenvalue weighted by Gasteiger charge is -2.06. The van der Waals surface area contributed by atoms with Crippen molar-refractivity contribution in [2.45, 2.75) is 6.92 Å². The van der Waals surface area contributed by atoms with Crippen LogP contribution in [0.4, 0.5) is 11.4 Å². The Bertz CT molecular complexity index is 1150. The third kappa shape index (κ3) is 6.91. The van der Waals surface area contributed by atoms with Crippen molar-refractivity contribution in [3.05, 3.63) is 81.3 Å². The summed E-state index contributed by atoms with van der Waals surface area (Å²) in [5, 5.41) is 22.8. The smallest absolute Gasteiger partial charge is 0.277 e. The molecule has 0 spiro atoms. The number of benzene rings is 3. The van der Waals surface area contributed by atoms with E-state index in [0.717, 1.165) is 10.0 Å². The van der Waals surface area contributed by atoms with Gasteiger partial charge in [0.25, 0.3) is 5.91 Å². The van der Waals surface area contributed by atoms with E-state index in [9.17, 15) is 9.90 Å². The Kier molecular flexibility index (Phi) is 7.75. The number of ether oxygens (including phenoxy) is 1. The molecular weight excluding hydrogens is 484 g/mol. The molecule has 2 N–H and O–H groups in total. The van der Waals surface area contributed by atoms with Crippen LogP contribution in [0, 0.1) is 6.92 Å². The maximum Gasteiger partial charge on any atom is 0.277 e. The van der Waals surface area contributed by atoms with Gasteiger partial charge in [-0.25, -0.2) is 5.43 Å². The molecule has 0 atom stereocenters. The molecule has 0 aliphatic heterocycles. The Balaban J connectivity index is 1.57. The summed E-state index contributed by atoms with van der Waals surface area (Å²) in [6.07, 6.45) is 1.32. The summed E-state index contributed by atoms with van der Waals surface area (Å²) in [4.78, 5) is 11.9. The van der Waals surface area contributed by atoms with E-state index in [1.165, 1.54) is 12.3 Å². The largest absolute Gasteiger partial charge is 0.507 e. The van der Waals surface area contributed by atoms with Gasteiger partial charge in [0.2, 0.25) is 0 Å². The number of hydrogen-bond donors (Lipinski definition) is 2. The number of nitrogens with one attached hydrogen (secondary N) is 1. The number of carbonyl (C=O) groups excluding carboxylic acids is 1. The Morgan fingerprint density at radius 3 is 2.65 bits per heavy atom. The highest BCUT2D eigenvalue weighted by Crippen LogP contribution is 2.25. The molecule has 9 heteroatoms. The van der Waals surface area contributed by atoms with E-state index in [1.807, 2.05) is 31.2 Å². The third-order valence-electron chi connectivity index (χ3n) is 3.99. The molecule has 1 amide bonds. The number of azo groups is 1. The number of carbonyl (C=O) groups is 1.